The van der Waals surface area contributed by atoms with E-state index in [0.717, 1.165) is 0 Å². The molecule has 0 unspecified atom stereocenters. The van der Waals surface area contributed by atoms with Crippen molar-refractivity contribution in [3.8, 4) is 17.2 Å². The predicted molar refractivity (Wildman–Crippen MR) is 186 cm³/mol. The van der Waals surface area contributed by atoms with Crippen LogP contribution in [0.15, 0.2) is 75.7 Å². The topological polar surface area (TPSA) is 126 Å². The maximum atomic E-state index is 14.2. The molecule has 3 aromatic carbocycles. The van der Waals surface area contributed by atoms with Crippen molar-refractivity contribution >= 4 is 63.5 Å². The number of carboxylic acid groups (broad SMARTS) is 1. The highest BCUT2D eigenvalue weighted by Crippen LogP contribution is 2.38. The average Bonchev–Trinajstić information content (AvgIpc) is 3.32. The van der Waals surface area contributed by atoms with Gasteiger partial charge in [-0.3, -0.25) is 9.36 Å². The van der Waals surface area contributed by atoms with Crippen LogP contribution in [0.5, 0.6) is 17.2 Å². The largest absolute Gasteiger partial charge is 0.496 e. The van der Waals surface area contributed by atoms with Gasteiger partial charge >= 0.3 is 11.9 Å². The number of rotatable bonds is 10. The second-order valence-electron chi connectivity index (χ2n) is 10.8. The standard InChI is InChI=1S/C34H30ClIN2O8S/c1-17(2)46-33(42)28-18(3)37-34-38(29(28)23-15-22(35)9-10-25(23)43-4)31(39)27(47-34)14-20-12-24(36)30(26(13-20)44-5)45-16-19-7-6-8-21(11-19)32(40)41/h6-15,17,29H,16H2,1-5H3,(H,40,41)/b27-14+/t29-/m1/s1. The Kier molecular flexibility index (Phi) is 10.4. The van der Waals surface area contributed by atoms with E-state index in [1.165, 1.54) is 36.2 Å². The number of halogens is 2. The van der Waals surface area contributed by atoms with E-state index >= 15 is 0 Å². The maximum Gasteiger partial charge on any atom is 0.338 e. The minimum absolute atomic E-state index is 0.124. The van der Waals surface area contributed by atoms with E-state index in [9.17, 15) is 19.5 Å². The zero-order chi connectivity index (χ0) is 34.0. The first kappa shape index (κ1) is 34.2. The zero-order valence-corrected chi connectivity index (χ0v) is 29.7. The molecule has 2 heterocycles. The number of aromatic nitrogens is 1. The van der Waals surface area contributed by atoms with Gasteiger partial charge in [-0.1, -0.05) is 35.1 Å². The number of methoxy groups -OCH3 is 2. The van der Waals surface area contributed by atoms with Crippen LogP contribution in [0.2, 0.25) is 5.02 Å². The van der Waals surface area contributed by atoms with Crippen LogP contribution in [-0.4, -0.2) is 41.9 Å². The van der Waals surface area contributed by atoms with Crippen molar-refractivity contribution in [3.63, 3.8) is 0 Å². The SMILES string of the molecule is COc1ccc(Cl)cc1[C@@H]1C(C(=O)OC(C)C)=C(C)N=c2s/c(=C/c3cc(I)c(OCc4cccc(C(=O)O)c4)c(OC)c3)c(=O)n21. The lowest BCUT2D eigenvalue weighted by molar-refractivity contribution is -0.143. The first-order valence-electron chi connectivity index (χ1n) is 14.3. The molecule has 1 aliphatic rings. The van der Waals surface area contributed by atoms with Crippen LogP contribution < -0.4 is 29.1 Å². The summed E-state index contributed by atoms with van der Waals surface area (Å²) in [5, 5.41) is 9.72. The number of carboxylic acids is 1. The molecular weight excluding hydrogens is 759 g/mol. The fourth-order valence-electron chi connectivity index (χ4n) is 5.14. The molecule has 1 atom stereocenters. The van der Waals surface area contributed by atoms with Gasteiger partial charge in [-0.25, -0.2) is 14.6 Å². The Morgan fingerprint density at radius 2 is 1.85 bits per heavy atom. The minimum Gasteiger partial charge on any atom is -0.496 e. The van der Waals surface area contributed by atoms with E-state index in [4.69, 9.17) is 30.5 Å². The molecule has 0 fully saturated rings. The van der Waals surface area contributed by atoms with E-state index in [1.54, 1.807) is 69.3 Å². The van der Waals surface area contributed by atoms with Crippen LogP contribution in [0.4, 0.5) is 0 Å². The highest BCUT2D eigenvalue weighted by Gasteiger charge is 2.35. The summed E-state index contributed by atoms with van der Waals surface area (Å²) in [6, 6.07) is 14.2. The van der Waals surface area contributed by atoms with Crippen molar-refractivity contribution in [1.82, 2.24) is 4.57 Å². The van der Waals surface area contributed by atoms with Crippen LogP contribution in [-0.2, 0) is 16.1 Å². The van der Waals surface area contributed by atoms with Crippen molar-refractivity contribution in [1.29, 1.82) is 0 Å². The number of carbonyl (C=O) groups is 2. The highest BCUT2D eigenvalue weighted by molar-refractivity contribution is 14.1. The fraction of sp³-hybridized carbons (Fsp3) is 0.235. The van der Waals surface area contributed by atoms with Gasteiger partial charge in [0.15, 0.2) is 16.3 Å². The molecular formula is C34H30ClIN2O8S. The van der Waals surface area contributed by atoms with Gasteiger partial charge in [-0.05, 0) is 103 Å². The Balaban J connectivity index is 1.59. The van der Waals surface area contributed by atoms with Crippen LogP contribution in [0, 0.1) is 3.57 Å². The molecule has 5 rings (SSSR count). The number of thiazole rings is 1. The third-order valence-corrected chi connectivity index (χ3v) is 9.20. The van der Waals surface area contributed by atoms with Gasteiger partial charge in [-0.2, -0.15) is 0 Å². The molecule has 10 nitrogen and oxygen atoms in total. The number of ether oxygens (including phenoxy) is 4. The molecule has 244 valence electrons. The molecule has 1 aromatic heterocycles. The first-order valence-corrected chi connectivity index (χ1v) is 16.6. The van der Waals surface area contributed by atoms with Gasteiger partial charge in [-0.15, -0.1) is 0 Å². The Bertz CT molecular complexity index is 2100. The minimum atomic E-state index is -1.02. The molecule has 0 bridgehead atoms. The Morgan fingerprint density at radius 3 is 2.53 bits per heavy atom. The summed E-state index contributed by atoms with van der Waals surface area (Å²) in [4.78, 5) is 44.0. The fourth-order valence-corrected chi connectivity index (χ4v) is 7.15. The monoisotopic (exact) mass is 788 g/mol. The number of benzene rings is 3. The molecule has 0 saturated heterocycles. The van der Waals surface area contributed by atoms with Crippen molar-refractivity contribution in [2.24, 2.45) is 4.99 Å². The van der Waals surface area contributed by atoms with Crippen LogP contribution in [0.25, 0.3) is 6.08 Å². The molecule has 13 heteroatoms. The van der Waals surface area contributed by atoms with Crippen LogP contribution in [0.1, 0.15) is 53.9 Å². The van der Waals surface area contributed by atoms with Gasteiger partial charge in [0.25, 0.3) is 5.56 Å². The molecule has 0 spiro atoms. The Labute approximate surface area is 292 Å². The number of aromatic carboxylic acids is 1. The molecule has 47 heavy (non-hydrogen) atoms. The van der Waals surface area contributed by atoms with Gasteiger partial charge in [0.1, 0.15) is 18.4 Å². The molecule has 1 N–H and O–H groups in total. The van der Waals surface area contributed by atoms with Gasteiger partial charge in [0, 0.05) is 10.6 Å². The second kappa shape index (κ2) is 14.3. The van der Waals surface area contributed by atoms with E-state index in [-0.39, 0.29) is 23.3 Å². The van der Waals surface area contributed by atoms with Crippen LogP contribution in [0.3, 0.4) is 0 Å². The van der Waals surface area contributed by atoms with Crippen molar-refractivity contribution in [2.75, 3.05) is 14.2 Å². The Morgan fingerprint density at radius 1 is 1.11 bits per heavy atom. The van der Waals surface area contributed by atoms with Crippen molar-refractivity contribution < 1.29 is 33.6 Å². The summed E-state index contributed by atoms with van der Waals surface area (Å²) in [5.74, 6) is -0.255. The predicted octanol–water partition coefficient (Wildman–Crippen LogP) is 5.74. The molecule has 0 radical (unpaired) electrons. The van der Waals surface area contributed by atoms with Gasteiger partial charge in [0.2, 0.25) is 0 Å². The summed E-state index contributed by atoms with van der Waals surface area (Å²) in [7, 11) is 3.02. The molecule has 4 aromatic rings. The van der Waals surface area contributed by atoms with Crippen molar-refractivity contribution in [2.45, 2.75) is 39.5 Å². The van der Waals surface area contributed by atoms with E-state index in [1.807, 2.05) is 6.07 Å². The zero-order valence-electron chi connectivity index (χ0n) is 26.0. The third-order valence-electron chi connectivity index (χ3n) is 7.18. The quantitative estimate of drug-likeness (QED) is 0.160. The average molecular weight is 789 g/mol. The number of carbonyl (C=O) groups excluding carboxylic acids is 1. The van der Waals surface area contributed by atoms with Gasteiger partial charge in [0.05, 0.1) is 45.3 Å². The normalized spacial score (nSPS) is 14.5. The molecule has 1 aliphatic heterocycles. The summed E-state index contributed by atoms with van der Waals surface area (Å²) < 4.78 is 25.5. The number of esters is 1. The van der Waals surface area contributed by atoms with E-state index in [2.05, 4.69) is 27.6 Å². The van der Waals surface area contributed by atoms with Gasteiger partial charge < -0.3 is 24.1 Å². The summed E-state index contributed by atoms with van der Waals surface area (Å²) in [6.07, 6.45) is 1.33. The lowest BCUT2D eigenvalue weighted by Crippen LogP contribution is -2.40. The van der Waals surface area contributed by atoms with Crippen molar-refractivity contribution in [3.05, 3.63) is 116 Å². The number of allylic oxidation sites excluding steroid dienone is 1. The lowest BCUT2D eigenvalue weighted by Gasteiger charge is -2.26. The van der Waals surface area contributed by atoms with E-state index in [0.29, 0.717) is 57.6 Å². The maximum absolute atomic E-state index is 14.2. The highest BCUT2D eigenvalue weighted by atomic mass is 127. The number of nitrogens with zero attached hydrogens (tertiary/aromatic N) is 2. The molecule has 0 saturated carbocycles. The molecule has 0 amide bonds. The second-order valence-corrected chi connectivity index (χ2v) is 13.4. The number of fused-ring (bicyclic) bond motifs is 1. The lowest BCUT2D eigenvalue weighted by atomic mass is 9.95. The smallest absolute Gasteiger partial charge is 0.338 e. The number of hydrogen-bond donors (Lipinski definition) is 1. The van der Waals surface area contributed by atoms with E-state index < -0.39 is 24.1 Å². The summed E-state index contributed by atoms with van der Waals surface area (Å²) in [5.41, 5.74) is 2.31. The Hall–Kier alpha value is -4.14. The summed E-state index contributed by atoms with van der Waals surface area (Å²) >= 11 is 9.71. The number of hydrogen-bond acceptors (Lipinski definition) is 9. The first-order chi connectivity index (χ1) is 22.4. The van der Waals surface area contributed by atoms with Crippen LogP contribution >= 0.6 is 45.5 Å². The molecule has 0 aliphatic carbocycles. The third kappa shape index (κ3) is 7.24. The summed E-state index contributed by atoms with van der Waals surface area (Å²) in [6.45, 7) is 5.34.